The lowest BCUT2D eigenvalue weighted by atomic mass is 10.1. The number of H-pyrrole nitrogens is 1. The Kier molecular flexibility index (Phi) is 3.29. The van der Waals surface area contributed by atoms with E-state index in [1.807, 2.05) is 26.0 Å². The number of aromatic amines is 1. The first kappa shape index (κ1) is 13.1. The van der Waals surface area contributed by atoms with Crippen LogP contribution in [0.2, 0.25) is 0 Å². The third-order valence-corrected chi connectivity index (χ3v) is 3.34. The highest BCUT2D eigenvalue weighted by molar-refractivity contribution is 6.00. The average Bonchev–Trinajstić information content (AvgIpc) is 2.64. The van der Waals surface area contributed by atoms with Crippen molar-refractivity contribution in [1.82, 2.24) is 10.3 Å². The predicted molar refractivity (Wildman–Crippen MR) is 73.9 cm³/mol. The quantitative estimate of drug-likeness (QED) is 0.777. The molecule has 5 heteroatoms. The van der Waals surface area contributed by atoms with Gasteiger partial charge in [-0.3, -0.25) is 9.59 Å². The van der Waals surface area contributed by atoms with Gasteiger partial charge < -0.3 is 16.0 Å². The summed E-state index contributed by atoms with van der Waals surface area (Å²) in [6, 6.07) is 4.72. The summed E-state index contributed by atoms with van der Waals surface area (Å²) >= 11 is 0. The van der Waals surface area contributed by atoms with Crippen LogP contribution >= 0.6 is 0 Å². The normalized spacial score (nSPS) is 12.4. The Morgan fingerprint density at radius 3 is 2.63 bits per heavy atom. The molecule has 1 atom stereocenters. The van der Waals surface area contributed by atoms with Gasteiger partial charge in [0.1, 0.15) is 6.04 Å². The molecule has 0 aliphatic heterocycles. The minimum Gasteiger partial charge on any atom is -0.368 e. The van der Waals surface area contributed by atoms with Gasteiger partial charge in [-0.25, -0.2) is 0 Å². The molecule has 0 aliphatic carbocycles. The van der Waals surface area contributed by atoms with Gasteiger partial charge in [0.05, 0.1) is 0 Å². The lowest BCUT2D eigenvalue weighted by molar-refractivity contribution is -0.119. The van der Waals surface area contributed by atoms with E-state index in [9.17, 15) is 9.59 Å². The van der Waals surface area contributed by atoms with Gasteiger partial charge in [-0.05, 0) is 44.5 Å². The summed E-state index contributed by atoms with van der Waals surface area (Å²) in [7, 11) is 0. The van der Waals surface area contributed by atoms with E-state index in [1.165, 1.54) is 0 Å². The van der Waals surface area contributed by atoms with E-state index in [1.54, 1.807) is 13.0 Å². The molecule has 2 aromatic rings. The largest absolute Gasteiger partial charge is 0.368 e. The molecule has 0 saturated heterocycles. The molecular weight excluding hydrogens is 242 g/mol. The zero-order valence-corrected chi connectivity index (χ0v) is 11.2. The molecule has 0 saturated carbocycles. The number of nitrogens with two attached hydrogens (primary N) is 1. The van der Waals surface area contributed by atoms with Gasteiger partial charge in [0, 0.05) is 22.2 Å². The number of primary amides is 1. The van der Waals surface area contributed by atoms with Crippen molar-refractivity contribution in [3.8, 4) is 0 Å². The van der Waals surface area contributed by atoms with Crippen LogP contribution < -0.4 is 11.1 Å². The lowest BCUT2D eigenvalue weighted by Gasteiger charge is -2.10. The van der Waals surface area contributed by atoms with E-state index < -0.39 is 11.9 Å². The van der Waals surface area contributed by atoms with E-state index in [4.69, 9.17) is 5.73 Å². The van der Waals surface area contributed by atoms with Crippen LogP contribution in [0.4, 0.5) is 0 Å². The average molecular weight is 259 g/mol. The van der Waals surface area contributed by atoms with E-state index in [0.717, 1.165) is 22.2 Å². The summed E-state index contributed by atoms with van der Waals surface area (Å²) in [5.41, 5.74) is 8.83. The van der Waals surface area contributed by atoms with Gasteiger partial charge in [0.15, 0.2) is 0 Å². The van der Waals surface area contributed by atoms with Crippen LogP contribution in [-0.4, -0.2) is 22.8 Å². The summed E-state index contributed by atoms with van der Waals surface area (Å²) in [6.07, 6.45) is 0. The number of carbonyl (C=O) groups excluding carboxylic acids is 2. The molecule has 0 bridgehead atoms. The van der Waals surface area contributed by atoms with Crippen molar-refractivity contribution in [3.63, 3.8) is 0 Å². The number of rotatable bonds is 3. The molecule has 5 nitrogen and oxygen atoms in total. The Bertz CT molecular complexity index is 658. The van der Waals surface area contributed by atoms with Crippen LogP contribution in [0.3, 0.4) is 0 Å². The van der Waals surface area contributed by atoms with E-state index >= 15 is 0 Å². The first-order valence-electron chi connectivity index (χ1n) is 6.09. The Morgan fingerprint density at radius 2 is 2.00 bits per heavy atom. The third-order valence-electron chi connectivity index (χ3n) is 3.34. The summed E-state index contributed by atoms with van der Waals surface area (Å²) in [5.74, 6) is -0.852. The topological polar surface area (TPSA) is 88.0 Å². The van der Waals surface area contributed by atoms with Crippen molar-refractivity contribution in [3.05, 3.63) is 35.0 Å². The minimum absolute atomic E-state index is 0.300. The molecule has 19 heavy (non-hydrogen) atoms. The van der Waals surface area contributed by atoms with Crippen LogP contribution in [0.1, 0.15) is 28.5 Å². The Balaban J connectivity index is 2.33. The Labute approximate surface area is 111 Å². The number of nitrogens with one attached hydrogen (secondary N) is 2. The highest BCUT2D eigenvalue weighted by atomic mass is 16.2. The van der Waals surface area contributed by atoms with E-state index in [2.05, 4.69) is 10.3 Å². The molecule has 4 N–H and O–H groups in total. The Hall–Kier alpha value is -2.30. The van der Waals surface area contributed by atoms with Crippen LogP contribution in [0.5, 0.6) is 0 Å². The second-order valence-electron chi connectivity index (χ2n) is 4.73. The van der Waals surface area contributed by atoms with Crippen molar-refractivity contribution in [1.29, 1.82) is 0 Å². The third kappa shape index (κ3) is 2.45. The van der Waals surface area contributed by atoms with Crippen LogP contribution in [0.15, 0.2) is 18.2 Å². The minimum atomic E-state index is -0.683. The van der Waals surface area contributed by atoms with Crippen molar-refractivity contribution < 1.29 is 9.59 Å². The van der Waals surface area contributed by atoms with Crippen molar-refractivity contribution >= 4 is 22.7 Å². The number of hydrogen-bond acceptors (Lipinski definition) is 2. The molecule has 2 amide bonds. The molecule has 1 aromatic carbocycles. The first-order valence-corrected chi connectivity index (χ1v) is 6.09. The lowest BCUT2D eigenvalue weighted by Crippen LogP contribution is -2.42. The van der Waals surface area contributed by atoms with Gasteiger partial charge in [-0.2, -0.15) is 0 Å². The molecule has 100 valence electrons. The summed E-state index contributed by atoms with van der Waals surface area (Å²) in [5, 5.41) is 3.57. The summed E-state index contributed by atoms with van der Waals surface area (Å²) in [6.45, 7) is 5.55. The van der Waals surface area contributed by atoms with Gasteiger partial charge in [0.25, 0.3) is 5.91 Å². The number of fused-ring (bicyclic) bond motifs is 1. The Morgan fingerprint density at radius 1 is 1.32 bits per heavy atom. The van der Waals surface area contributed by atoms with Crippen molar-refractivity contribution in [2.24, 2.45) is 5.73 Å². The zero-order chi connectivity index (χ0) is 14.2. The maximum atomic E-state index is 12.0. The van der Waals surface area contributed by atoms with Crippen LogP contribution in [-0.2, 0) is 4.79 Å². The van der Waals surface area contributed by atoms with E-state index in [0.29, 0.717) is 5.56 Å². The fraction of sp³-hybridized carbons (Fsp3) is 0.286. The van der Waals surface area contributed by atoms with Gasteiger partial charge in [-0.15, -0.1) is 0 Å². The number of carbonyl (C=O) groups is 2. The van der Waals surface area contributed by atoms with Crippen LogP contribution in [0.25, 0.3) is 10.9 Å². The van der Waals surface area contributed by atoms with Gasteiger partial charge in [-0.1, -0.05) is 0 Å². The van der Waals surface area contributed by atoms with Crippen molar-refractivity contribution in [2.75, 3.05) is 0 Å². The molecular formula is C14H17N3O2. The monoisotopic (exact) mass is 259 g/mol. The first-order chi connectivity index (χ1) is 8.90. The number of aromatic nitrogens is 1. The van der Waals surface area contributed by atoms with Gasteiger partial charge >= 0.3 is 0 Å². The van der Waals surface area contributed by atoms with Crippen molar-refractivity contribution in [2.45, 2.75) is 26.8 Å². The summed E-state index contributed by atoms with van der Waals surface area (Å²) in [4.78, 5) is 26.2. The SMILES string of the molecule is Cc1[nH]c2ccc(C(=O)NC(C)C(N)=O)cc2c1C. The molecule has 1 aromatic heterocycles. The van der Waals surface area contributed by atoms with Gasteiger partial charge in [0.2, 0.25) is 5.91 Å². The standard InChI is InChI=1S/C14H17N3O2/c1-7-8(2)16-12-5-4-10(6-11(7)12)14(19)17-9(3)13(15)18/h4-6,9,16H,1-3H3,(H2,15,18)(H,17,19). The number of amides is 2. The number of benzene rings is 1. The molecule has 1 heterocycles. The number of hydrogen-bond donors (Lipinski definition) is 3. The summed E-state index contributed by atoms with van der Waals surface area (Å²) < 4.78 is 0. The highest BCUT2D eigenvalue weighted by Gasteiger charge is 2.14. The fourth-order valence-electron chi connectivity index (χ4n) is 1.95. The second kappa shape index (κ2) is 4.76. The van der Waals surface area contributed by atoms with E-state index in [-0.39, 0.29) is 5.91 Å². The maximum Gasteiger partial charge on any atom is 0.251 e. The van der Waals surface area contributed by atoms with Crippen LogP contribution in [0, 0.1) is 13.8 Å². The predicted octanol–water partition coefficient (Wildman–Crippen LogP) is 1.39. The zero-order valence-electron chi connectivity index (χ0n) is 11.2. The molecule has 0 aliphatic rings. The molecule has 1 unspecified atom stereocenters. The molecule has 0 fully saturated rings. The number of aryl methyl sites for hydroxylation is 2. The second-order valence-corrected chi connectivity index (χ2v) is 4.73. The smallest absolute Gasteiger partial charge is 0.251 e. The molecule has 2 rings (SSSR count). The highest BCUT2D eigenvalue weighted by Crippen LogP contribution is 2.22. The maximum absolute atomic E-state index is 12.0. The fourth-order valence-corrected chi connectivity index (χ4v) is 1.95. The molecule has 0 spiro atoms. The molecule has 0 radical (unpaired) electrons.